The van der Waals surface area contributed by atoms with E-state index < -0.39 is 0 Å². The maximum atomic E-state index is 3.60. The Morgan fingerprint density at radius 1 is 1.17 bits per heavy atom. The minimum Gasteiger partial charge on any atom is -0.305 e. The van der Waals surface area contributed by atoms with E-state index in [2.05, 4.69) is 65.4 Å². The Bertz CT molecular complexity index is 507. The van der Waals surface area contributed by atoms with Gasteiger partial charge in [-0.1, -0.05) is 41.1 Å². The van der Waals surface area contributed by atoms with Crippen molar-refractivity contribution in [3.63, 3.8) is 0 Å². The van der Waals surface area contributed by atoms with Crippen LogP contribution < -0.4 is 5.32 Å². The van der Waals surface area contributed by atoms with E-state index in [4.69, 9.17) is 0 Å². The number of benzene rings is 1. The molecule has 0 aliphatic rings. The highest BCUT2D eigenvalue weighted by Crippen LogP contribution is 2.24. The van der Waals surface area contributed by atoms with Crippen LogP contribution in [-0.2, 0) is 13.0 Å². The van der Waals surface area contributed by atoms with Gasteiger partial charge in [0.2, 0.25) is 0 Å². The maximum absolute atomic E-state index is 3.60. The summed E-state index contributed by atoms with van der Waals surface area (Å²) in [5.41, 5.74) is 1.31. The first kappa shape index (κ1) is 13.8. The fraction of sp³-hybridized carbons (Fsp3) is 0.333. The van der Waals surface area contributed by atoms with Crippen LogP contribution in [0.5, 0.6) is 0 Å². The number of nitrogens with one attached hydrogen (secondary N) is 1. The molecule has 1 aromatic carbocycles. The molecule has 0 saturated carbocycles. The monoisotopic (exact) mass is 323 g/mol. The van der Waals surface area contributed by atoms with E-state index in [0.717, 1.165) is 13.0 Å². The Labute approximate surface area is 121 Å². The van der Waals surface area contributed by atoms with Gasteiger partial charge in [0.1, 0.15) is 0 Å². The highest BCUT2D eigenvalue weighted by atomic mass is 79.9. The summed E-state index contributed by atoms with van der Waals surface area (Å²) in [6.07, 6.45) is 1.13. The molecular formula is C15H18BrNS. The SMILES string of the molecule is CCc1ccc(CNC(C)c2ccccc2Br)s1. The number of hydrogen-bond donors (Lipinski definition) is 1. The van der Waals surface area contributed by atoms with Crippen molar-refractivity contribution in [3.05, 3.63) is 56.2 Å². The van der Waals surface area contributed by atoms with Crippen LogP contribution in [0.3, 0.4) is 0 Å². The van der Waals surface area contributed by atoms with Gasteiger partial charge in [0.25, 0.3) is 0 Å². The van der Waals surface area contributed by atoms with Gasteiger partial charge >= 0.3 is 0 Å². The molecule has 2 rings (SSSR count). The quantitative estimate of drug-likeness (QED) is 0.823. The molecule has 3 heteroatoms. The molecule has 2 aromatic rings. The molecule has 1 N–H and O–H groups in total. The molecule has 0 amide bonds. The molecule has 0 spiro atoms. The Kier molecular flexibility index (Phi) is 4.98. The van der Waals surface area contributed by atoms with Gasteiger partial charge in [0, 0.05) is 26.8 Å². The van der Waals surface area contributed by atoms with Gasteiger partial charge in [-0.3, -0.25) is 0 Å². The summed E-state index contributed by atoms with van der Waals surface area (Å²) in [4.78, 5) is 2.87. The zero-order valence-corrected chi connectivity index (χ0v) is 13.1. The number of aryl methyl sites for hydroxylation is 1. The minimum absolute atomic E-state index is 0.354. The second kappa shape index (κ2) is 6.50. The van der Waals surface area contributed by atoms with Crippen LogP contribution in [0.25, 0.3) is 0 Å². The number of hydrogen-bond acceptors (Lipinski definition) is 2. The molecule has 0 aliphatic heterocycles. The summed E-state index contributed by atoms with van der Waals surface area (Å²) in [6, 6.07) is 13.2. The molecular weight excluding hydrogens is 306 g/mol. The average Bonchev–Trinajstić information content (AvgIpc) is 2.84. The van der Waals surface area contributed by atoms with E-state index in [0.29, 0.717) is 6.04 Å². The largest absolute Gasteiger partial charge is 0.305 e. The molecule has 1 unspecified atom stereocenters. The zero-order chi connectivity index (χ0) is 13.0. The van der Waals surface area contributed by atoms with Crippen molar-refractivity contribution in [1.82, 2.24) is 5.32 Å². The molecule has 0 saturated heterocycles. The van der Waals surface area contributed by atoms with Crippen molar-refractivity contribution >= 4 is 27.3 Å². The van der Waals surface area contributed by atoms with E-state index >= 15 is 0 Å². The first-order valence-corrected chi connectivity index (χ1v) is 7.87. The van der Waals surface area contributed by atoms with E-state index in [1.807, 2.05) is 17.4 Å². The Hall–Kier alpha value is -0.640. The molecule has 1 aromatic heterocycles. The second-order valence-electron chi connectivity index (χ2n) is 4.35. The van der Waals surface area contributed by atoms with Crippen LogP contribution in [0.15, 0.2) is 40.9 Å². The summed E-state index contributed by atoms with van der Waals surface area (Å²) in [6.45, 7) is 5.34. The standard InChI is InChI=1S/C15H18BrNS/c1-3-12-8-9-13(18-12)10-17-11(2)14-6-4-5-7-15(14)16/h4-9,11,17H,3,10H2,1-2H3. The fourth-order valence-electron chi connectivity index (χ4n) is 1.90. The first-order valence-electron chi connectivity index (χ1n) is 6.26. The van der Waals surface area contributed by atoms with Crippen molar-refractivity contribution in [2.75, 3.05) is 0 Å². The lowest BCUT2D eigenvalue weighted by Gasteiger charge is -2.15. The Morgan fingerprint density at radius 2 is 1.89 bits per heavy atom. The summed E-state index contributed by atoms with van der Waals surface area (Å²) in [5, 5.41) is 3.57. The topological polar surface area (TPSA) is 12.0 Å². The molecule has 1 nitrogen and oxygen atoms in total. The number of thiophene rings is 1. The third kappa shape index (κ3) is 3.44. The third-order valence-electron chi connectivity index (χ3n) is 3.02. The summed E-state index contributed by atoms with van der Waals surface area (Å²) in [7, 11) is 0. The van der Waals surface area contributed by atoms with Gasteiger partial charge in [-0.25, -0.2) is 0 Å². The van der Waals surface area contributed by atoms with Crippen molar-refractivity contribution < 1.29 is 0 Å². The molecule has 1 atom stereocenters. The van der Waals surface area contributed by atoms with Crippen LogP contribution in [-0.4, -0.2) is 0 Å². The molecule has 0 fully saturated rings. The summed E-state index contributed by atoms with van der Waals surface area (Å²) < 4.78 is 1.17. The zero-order valence-electron chi connectivity index (χ0n) is 10.7. The molecule has 0 radical (unpaired) electrons. The Morgan fingerprint density at radius 3 is 2.56 bits per heavy atom. The van der Waals surface area contributed by atoms with Crippen LogP contribution >= 0.6 is 27.3 Å². The van der Waals surface area contributed by atoms with Crippen molar-refractivity contribution in [3.8, 4) is 0 Å². The third-order valence-corrected chi connectivity index (χ3v) is 4.97. The van der Waals surface area contributed by atoms with Gasteiger partial charge < -0.3 is 5.32 Å². The van der Waals surface area contributed by atoms with Crippen LogP contribution in [0.2, 0.25) is 0 Å². The highest BCUT2D eigenvalue weighted by molar-refractivity contribution is 9.10. The minimum atomic E-state index is 0.354. The predicted molar refractivity (Wildman–Crippen MR) is 83.1 cm³/mol. The van der Waals surface area contributed by atoms with Crippen LogP contribution in [0, 0.1) is 0 Å². The van der Waals surface area contributed by atoms with Crippen LogP contribution in [0.4, 0.5) is 0 Å². The Balaban J connectivity index is 1.96. The molecule has 1 heterocycles. The normalized spacial score (nSPS) is 12.6. The van der Waals surface area contributed by atoms with E-state index in [1.165, 1.54) is 19.8 Å². The number of halogens is 1. The number of rotatable bonds is 5. The predicted octanol–water partition coefficient (Wildman–Crippen LogP) is 4.92. The summed E-state index contributed by atoms with van der Waals surface area (Å²) >= 11 is 5.50. The molecule has 0 bridgehead atoms. The average molecular weight is 324 g/mol. The van der Waals surface area contributed by atoms with E-state index in [-0.39, 0.29) is 0 Å². The van der Waals surface area contributed by atoms with Gasteiger partial charge in [-0.05, 0) is 37.1 Å². The van der Waals surface area contributed by atoms with E-state index in [9.17, 15) is 0 Å². The first-order chi connectivity index (χ1) is 8.70. The molecule has 96 valence electrons. The smallest absolute Gasteiger partial charge is 0.0306 e. The van der Waals surface area contributed by atoms with Gasteiger partial charge in [0.05, 0.1) is 0 Å². The maximum Gasteiger partial charge on any atom is 0.0306 e. The lowest BCUT2D eigenvalue weighted by molar-refractivity contribution is 0.577. The van der Waals surface area contributed by atoms with Gasteiger partial charge in [-0.15, -0.1) is 11.3 Å². The van der Waals surface area contributed by atoms with Crippen LogP contribution in [0.1, 0.15) is 35.2 Å². The lowest BCUT2D eigenvalue weighted by atomic mass is 10.1. The van der Waals surface area contributed by atoms with Gasteiger partial charge in [0.15, 0.2) is 0 Å². The fourth-order valence-corrected chi connectivity index (χ4v) is 3.43. The van der Waals surface area contributed by atoms with Crippen molar-refractivity contribution in [2.45, 2.75) is 32.9 Å². The lowest BCUT2D eigenvalue weighted by Crippen LogP contribution is -2.17. The molecule has 18 heavy (non-hydrogen) atoms. The molecule has 0 aliphatic carbocycles. The van der Waals surface area contributed by atoms with Gasteiger partial charge in [-0.2, -0.15) is 0 Å². The van der Waals surface area contributed by atoms with Crippen molar-refractivity contribution in [2.24, 2.45) is 0 Å². The van der Waals surface area contributed by atoms with E-state index in [1.54, 1.807) is 0 Å². The highest BCUT2D eigenvalue weighted by Gasteiger charge is 2.08. The second-order valence-corrected chi connectivity index (χ2v) is 6.45. The van der Waals surface area contributed by atoms with Crippen molar-refractivity contribution in [1.29, 1.82) is 0 Å². The summed E-state index contributed by atoms with van der Waals surface area (Å²) in [5.74, 6) is 0.